The number of rotatable bonds is 4. The molecule has 0 aliphatic rings. The number of hydrogen-bond acceptors (Lipinski definition) is 3. The van der Waals surface area contributed by atoms with E-state index in [2.05, 4.69) is 22.0 Å². The summed E-state index contributed by atoms with van der Waals surface area (Å²) in [5.74, 6) is 0.704. The molecule has 0 aromatic heterocycles. The molecule has 0 spiro atoms. The normalized spacial score (nSPS) is 10.8. The first-order valence-electron chi connectivity index (χ1n) is 6.25. The zero-order chi connectivity index (χ0) is 14.5. The molecule has 3 nitrogen and oxygen atoms in total. The second-order valence-corrected chi connectivity index (χ2v) is 5.00. The molecule has 0 N–H and O–H groups in total. The molecule has 0 aliphatic heterocycles. The predicted octanol–water partition coefficient (Wildman–Crippen LogP) is 4.17. The Hall–Kier alpha value is -2.00. The van der Waals surface area contributed by atoms with Crippen LogP contribution < -0.4 is 9.64 Å². The molecule has 2 aromatic rings. The van der Waals surface area contributed by atoms with Gasteiger partial charge in [-0.3, -0.25) is 4.99 Å². The average Bonchev–Trinajstić information content (AvgIpc) is 2.45. The van der Waals surface area contributed by atoms with Crippen molar-refractivity contribution in [3.8, 4) is 5.75 Å². The summed E-state index contributed by atoms with van der Waals surface area (Å²) < 4.78 is 5.26. The minimum Gasteiger partial charge on any atom is -0.494 e. The van der Waals surface area contributed by atoms with Crippen molar-refractivity contribution >= 4 is 29.2 Å². The van der Waals surface area contributed by atoms with Crippen LogP contribution in [0.5, 0.6) is 5.75 Å². The lowest BCUT2D eigenvalue weighted by molar-refractivity contribution is 0.416. The standard InChI is InChI=1S/C16H17ClN2O/c1-19(2)14-7-4-12(5-8-14)11-18-15-10-13(17)6-9-16(15)20-3/h4-11H,1-3H3. The van der Waals surface area contributed by atoms with Crippen LogP contribution in [0.15, 0.2) is 47.5 Å². The van der Waals surface area contributed by atoms with Gasteiger partial charge in [0.2, 0.25) is 0 Å². The number of nitrogens with zero attached hydrogens (tertiary/aromatic N) is 2. The van der Waals surface area contributed by atoms with E-state index < -0.39 is 0 Å². The summed E-state index contributed by atoms with van der Waals surface area (Å²) in [6.07, 6.45) is 1.80. The monoisotopic (exact) mass is 288 g/mol. The van der Waals surface area contributed by atoms with Gasteiger partial charge in [0.25, 0.3) is 0 Å². The summed E-state index contributed by atoms with van der Waals surface area (Å²) in [4.78, 5) is 6.49. The average molecular weight is 289 g/mol. The fraction of sp³-hybridized carbons (Fsp3) is 0.188. The second kappa shape index (κ2) is 6.44. The van der Waals surface area contributed by atoms with Gasteiger partial charge < -0.3 is 9.64 Å². The summed E-state index contributed by atoms with van der Waals surface area (Å²) in [7, 11) is 5.65. The molecule has 0 heterocycles. The molecule has 0 bridgehead atoms. The van der Waals surface area contributed by atoms with Gasteiger partial charge in [0, 0.05) is 31.0 Å². The predicted molar refractivity (Wildman–Crippen MR) is 86.0 cm³/mol. The first-order chi connectivity index (χ1) is 9.60. The SMILES string of the molecule is COc1ccc(Cl)cc1N=Cc1ccc(N(C)C)cc1. The van der Waals surface area contributed by atoms with Crippen LogP contribution in [-0.2, 0) is 0 Å². The van der Waals surface area contributed by atoms with Crippen molar-refractivity contribution in [2.45, 2.75) is 0 Å². The summed E-state index contributed by atoms with van der Waals surface area (Å²) in [6.45, 7) is 0. The van der Waals surface area contributed by atoms with Gasteiger partial charge in [-0.1, -0.05) is 23.7 Å². The van der Waals surface area contributed by atoms with Gasteiger partial charge in [-0.15, -0.1) is 0 Å². The third-order valence-electron chi connectivity index (χ3n) is 2.90. The minimum atomic E-state index is 0.640. The lowest BCUT2D eigenvalue weighted by Gasteiger charge is -2.11. The van der Waals surface area contributed by atoms with Crippen LogP contribution in [0.25, 0.3) is 0 Å². The zero-order valence-corrected chi connectivity index (χ0v) is 12.6. The number of benzene rings is 2. The maximum absolute atomic E-state index is 5.98. The van der Waals surface area contributed by atoms with Gasteiger partial charge in [0.1, 0.15) is 11.4 Å². The molecule has 4 heteroatoms. The van der Waals surface area contributed by atoms with Crippen molar-refractivity contribution in [3.05, 3.63) is 53.1 Å². The number of aliphatic imine (C=N–C) groups is 1. The molecule has 0 radical (unpaired) electrons. The Balaban J connectivity index is 2.22. The van der Waals surface area contributed by atoms with Crippen molar-refractivity contribution in [2.75, 3.05) is 26.1 Å². The summed E-state index contributed by atoms with van der Waals surface area (Å²) in [5.41, 5.74) is 2.90. The second-order valence-electron chi connectivity index (χ2n) is 4.56. The number of anilines is 1. The number of halogens is 1. The molecule has 2 aromatic carbocycles. The molecule has 0 aliphatic carbocycles. The molecule has 0 atom stereocenters. The Labute approximate surface area is 124 Å². The first-order valence-corrected chi connectivity index (χ1v) is 6.63. The van der Waals surface area contributed by atoms with E-state index in [9.17, 15) is 0 Å². The van der Waals surface area contributed by atoms with E-state index in [0.717, 1.165) is 16.9 Å². The Morgan fingerprint density at radius 2 is 1.80 bits per heavy atom. The summed E-state index contributed by atoms with van der Waals surface area (Å²) >= 11 is 5.98. The van der Waals surface area contributed by atoms with Crippen LogP contribution in [0.4, 0.5) is 11.4 Å². The highest BCUT2D eigenvalue weighted by Gasteiger charge is 2.01. The largest absolute Gasteiger partial charge is 0.494 e. The highest BCUT2D eigenvalue weighted by molar-refractivity contribution is 6.30. The third-order valence-corrected chi connectivity index (χ3v) is 3.14. The number of hydrogen-bond donors (Lipinski definition) is 0. The van der Waals surface area contributed by atoms with E-state index in [1.165, 1.54) is 0 Å². The van der Waals surface area contributed by atoms with Gasteiger partial charge in [0.15, 0.2) is 0 Å². The van der Waals surface area contributed by atoms with Crippen LogP contribution in [0.1, 0.15) is 5.56 Å². The van der Waals surface area contributed by atoms with Crippen LogP contribution in [0, 0.1) is 0 Å². The lowest BCUT2D eigenvalue weighted by atomic mass is 10.2. The van der Waals surface area contributed by atoms with Crippen molar-refractivity contribution in [2.24, 2.45) is 4.99 Å². The highest BCUT2D eigenvalue weighted by atomic mass is 35.5. The summed E-state index contributed by atoms with van der Waals surface area (Å²) in [5, 5.41) is 0.640. The van der Waals surface area contributed by atoms with E-state index in [0.29, 0.717) is 10.8 Å². The zero-order valence-electron chi connectivity index (χ0n) is 11.8. The van der Waals surface area contributed by atoms with Crippen LogP contribution in [0.2, 0.25) is 5.02 Å². The smallest absolute Gasteiger partial charge is 0.144 e. The van der Waals surface area contributed by atoms with E-state index in [1.807, 2.05) is 32.3 Å². The molecule has 0 saturated carbocycles. The van der Waals surface area contributed by atoms with E-state index in [4.69, 9.17) is 16.3 Å². The highest BCUT2D eigenvalue weighted by Crippen LogP contribution is 2.30. The van der Waals surface area contributed by atoms with E-state index >= 15 is 0 Å². The van der Waals surface area contributed by atoms with Crippen molar-refractivity contribution in [3.63, 3.8) is 0 Å². The fourth-order valence-electron chi connectivity index (χ4n) is 1.77. The van der Waals surface area contributed by atoms with Crippen molar-refractivity contribution in [1.29, 1.82) is 0 Å². The lowest BCUT2D eigenvalue weighted by Crippen LogP contribution is -2.08. The molecule has 0 unspecified atom stereocenters. The van der Waals surface area contributed by atoms with Gasteiger partial charge >= 0.3 is 0 Å². The number of methoxy groups -OCH3 is 1. The maximum atomic E-state index is 5.98. The Kier molecular flexibility index (Phi) is 4.64. The maximum Gasteiger partial charge on any atom is 0.144 e. The first kappa shape index (κ1) is 14.4. The van der Waals surface area contributed by atoms with Crippen molar-refractivity contribution in [1.82, 2.24) is 0 Å². The Bertz CT molecular complexity index is 606. The van der Waals surface area contributed by atoms with Gasteiger partial charge in [-0.05, 0) is 35.9 Å². The molecular formula is C16H17ClN2O. The fourth-order valence-corrected chi connectivity index (χ4v) is 1.93. The van der Waals surface area contributed by atoms with Gasteiger partial charge in [0.05, 0.1) is 7.11 Å². The molecule has 20 heavy (non-hydrogen) atoms. The quantitative estimate of drug-likeness (QED) is 0.789. The minimum absolute atomic E-state index is 0.640. The van der Waals surface area contributed by atoms with E-state index in [1.54, 1.807) is 25.5 Å². The summed E-state index contributed by atoms with van der Waals surface area (Å²) in [6, 6.07) is 13.5. The Morgan fingerprint density at radius 3 is 2.40 bits per heavy atom. The van der Waals surface area contributed by atoms with Crippen LogP contribution in [-0.4, -0.2) is 27.4 Å². The molecule has 0 amide bonds. The molecule has 0 fully saturated rings. The van der Waals surface area contributed by atoms with Gasteiger partial charge in [-0.2, -0.15) is 0 Å². The topological polar surface area (TPSA) is 24.8 Å². The Morgan fingerprint density at radius 1 is 1.10 bits per heavy atom. The molecular weight excluding hydrogens is 272 g/mol. The van der Waals surface area contributed by atoms with Crippen LogP contribution in [0.3, 0.4) is 0 Å². The molecule has 104 valence electrons. The molecule has 0 saturated heterocycles. The van der Waals surface area contributed by atoms with E-state index in [-0.39, 0.29) is 0 Å². The number of ether oxygens (including phenoxy) is 1. The molecule has 2 rings (SSSR count). The van der Waals surface area contributed by atoms with Crippen molar-refractivity contribution < 1.29 is 4.74 Å². The third kappa shape index (κ3) is 3.52. The van der Waals surface area contributed by atoms with Crippen LogP contribution >= 0.6 is 11.6 Å². The van der Waals surface area contributed by atoms with Gasteiger partial charge in [-0.25, -0.2) is 0 Å².